The summed E-state index contributed by atoms with van der Waals surface area (Å²) >= 11 is 0. The molecule has 1 aliphatic heterocycles. The van der Waals surface area contributed by atoms with Gasteiger partial charge in [-0.05, 0) is 18.8 Å². The Hall–Kier alpha value is -1.63. The third kappa shape index (κ3) is 4.48. The molecule has 3 atom stereocenters. The fraction of sp³-hybridized carbons (Fsp3) is 0.769. The maximum atomic E-state index is 12.2. The molecule has 1 fully saturated rings. The van der Waals surface area contributed by atoms with Gasteiger partial charge in [-0.1, -0.05) is 13.8 Å². The van der Waals surface area contributed by atoms with Crippen LogP contribution in [0, 0.1) is 5.92 Å². The minimum Gasteiger partial charge on any atom is -0.480 e. The summed E-state index contributed by atoms with van der Waals surface area (Å²) in [5.41, 5.74) is 0. The number of alkyl carbamates (subject to hydrolysis) is 1. The van der Waals surface area contributed by atoms with Crippen LogP contribution in [-0.4, -0.2) is 48.2 Å². The zero-order valence-electron chi connectivity index (χ0n) is 12.0. The highest BCUT2D eigenvalue weighted by Gasteiger charge is 2.32. The van der Waals surface area contributed by atoms with Crippen LogP contribution < -0.4 is 10.6 Å². The van der Waals surface area contributed by atoms with Crippen LogP contribution in [0.15, 0.2) is 0 Å². The van der Waals surface area contributed by atoms with E-state index in [0.29, 0.717) is 12.8 Å². The summed E-state index contributed by atoms with van der Waals surface area (Å²) in [5, 5.41) is 14.3. The Kier molecular flexibility index (Phi) is 5.94. The van der Waals surface area contributed by atoms with Crippen LogP contribution in [0.3, 0.4) is 0 Å². The van der Waals surface area contributed by atoms with E-state index in [4.69, 9.17) is 5.11 Å². The predicted octanol–water partition coefficient (Wildman–Crippen LogP) is 0.531. The molecule has 0 aliphatic carbocycles. The minimum atomic E-state index is -0.895. The molecule has 0 aromatic heterocycles. The number of nitrogens with one attached hydrogen (secondary N) is 2. The number of rotatable bonds is 6. The van der Waals surface area contributed by atoms with E-state index in [1.807, 2.05) is 13.8 Å². The van der Waals surface area contributed by atoms with Crippen LogP contribution in [0.1, 0.15) is 33.1 Å². The van der Waals surface area contributed by atoms with Gasteiger partial charge in [-0.3, -0.25) is 9.59 Å². The van der Waals surface area contributed by atoms with Gasteiger partial charge in [0.25, 0.3) is 0 Å². The highest BCUT2D eigenvalue weighted by molar-refractivity contribution is 5.88. The smallest absolute Gasteiger partial charge is 0.407 e. The van der Waals surface area contributed by atoms with Crippen LogP contribution in [-0.2, 0) is 14.3 Å². The molecule has 1 saturated heterocycles. The van der Waals surface area contributed by atoms with E-state index < -0.39 is 24.1 Å². The predicted molar refractivity (Wildman–Crippen MR) is 71.4 cm³/mol. The van der Waals surface area contributed by atoms with Gasteiger partial charge in [0.05, 0.1) is 13.2 Å². The highest BCUT2D eigenvalue weighted by atomic mass is 16.5. The fourth-order valence-electron chi connectivity index (χ4n) is 2.35. The highest BCUT2D eigenvalue weighted by Crippen LogP contribution is 2.17. The molecule has 0 bridgehead atoms. The van der Waals surface area contributed by atoms with Crippen LogP contribution in [0.2, 0.25) is 0 Å². The maximum Gasteiger partial charge on any atom is 0.407 e. The number of ketones is 1. The zero-order chi connectivity index (χ0) is 15.3. The lowest BCUT2D eigenvalue weighted by Crippen LogP contribution is -2.46. The molecule has 0 radical (unpaired) electrons. The number of hydrogen-bond donors (Lipinski definition) is 3. The van der Waals surface area contributed by atoms with Crippen molar-refractivity contribution in [2.24, 2.45) is 5.92 Å². The van der Waals surface area contributed by atoms with Crippen molar-refractivity contribution < 1.29 is 24.2 Å². The van der Waals surface area contributed by atoms with Crippen molar-refractivity contribution in [3.8, 4) is 0 Å². The van der Waals surface area contributed by atoms with E-state index in [1.54, 1.807) is 0 Å². The molecule has 1 amide bonds. The molecule has 1 heterocycles. The first kappa shape index (κ1) is 16.4. The van der Waals surface area contributed by atoms with Gasteiger partial charge in [-0.25, -0.2) is 4.79 Å². The van der Waals surface area contributed by atoms with Gasteiger partial charge in [-0.15, -0.1) is 0 Å². The number of ether oxygens (including phenoxy) is 1. The Bertz CT molecular complexity index is 383. The largest absolute Gasteiger partial charge is 0.480 e. The lowest BCUT2D eigenvalue weighted by Gasteiger charge is -2.22. The molecular formula is C13H22N2O5. The van der Waals surface area contributed by atoms with Gasteiger partial charge in [0.1, 0.15) is 6.04 Å². The quantitative estimate of drug-likeness (QED) is 0.658. The molecule has 0 spiro atoms. The Balaban J connectivity index is 2.55. The summed E-state index contributed by atoms with van der Waals surface area (Å²) < 4.78 is 4.50. The SMILES string of the molecule is COC(=O)NC(C(=O)C[C@@H]1CC[C@@H](C(=O)O)N1)C(C)C. The van der Waals surface area contributed by atoms with Crippen LogP contribution >= 0.6 is 0 Å². The number of hydrogen-bond acceptors (Lipinski definition) is 5. The number of amides is 1. The average molecular weight is 286 g/mol. The van der Waals surface area contributed by atoms with Crippen molar-refractivity contribution in [3.05, 3.63) is 0 Å². The number of carboxylic acid groups (broad SMARTS) is 1. The van der Waals surface area contributed by atoms with Crippen molar-refractivity contribution in [2.75, 3.05) is 7.11 Å². The number of carboxylic acids is 1. The first-order valence-electron chi connectivity index (χ1n) is 6.71. The maximum absolute atomic E-state index is 12.2. The van der Waals surface area contributed by atoms with Gasteiger partial charge in [0.15, 0.2) is 5.78 Å². The molecule has 0 aromatic rings. The molecule has 20 heavy (non-hydrogen) atoms. The number of Topliss-reactive ketones (excluding diaryl/α,β-unsaturated/α-hetero) is 1. The summed E-state index contributed by atoms with van der Waals surface area (Å²) in [6, 6.07) is -1.35. The van der Waals surface area contributed by atoms with Crippen LogP contribution in [0.5, 0.6) is 0 Å². The van der Waals surface area contributed by atoms with Crippen molar-refractivity contribution in [2.45, 2.75) is 51.2 Å². The Morgan fingerprint density at radius 2 is 2.00 bits per heavy atom. The van der Waals surface area contributed by atoms with E-state index in [0.717, 1.165) is 0 Å². The summed E-state index contributed by atoms with van der Waals surface area (Å²) in [6.07, 6.45) is 0.728. The second kappa shape index (κ2) is 7.23. The van der Waals surface area contributed by atoms with Crippen molar-refractivity contribution in [1.29, 1.82) is 0 Å². The zero-order valence-corrected chi connectivity index (χ0v) is 12.0. The van der Waals surface area contributed by atoms with E-state index >= 15 is 0 Å². The van der Waals surface area contributed by atoms with Gasteiger partial charge in [0.2, 0.25) is 0 Å². The number of carbonyl (C=O) groups is 3. The molecule has 1 unspecified atom stereocenters. The molecule has 3 N–H and O–H groups in total. The van der Waals surface area contributed by atoms with Gasteiger partial charge < -0.3 is 20.5 Å². The molecular weight excluding hydrogens is 264 g/mol. The Labute approximate surface area is 118 Å². The van der Waals surface area contributed by atoms with Gasteiger partial charge in [-0.2, -0.15) is 0 Å². The van der Waals surface area contributed by atoms with Crippen LogP contribution in [0.25, 0.3) is 0 Å². The Morgan fingerprint density at radius 1 is 1.35 bits per heavy atom. The summed E-state index contributed by atoms with van der Waals surface area (Å²) in [6.45, 7) is 3.67. The fourth-order valence-corrected chi connectivity index (χ4v) is 2.35. The average Bonchev–Trinajstić information content (AvgIpc) is 2.83. The standard InChI is InChI=1S/C13H22N2O5/c1-7(2)11(15-13(19)20-3)10(16)6-8-4-5-9(14-8)12(17)18/h7-9,11,14H,4-6H2,1-3H3,(H,15,19)(H,17,18)/t8-,9-,11?/m0/s1. The number of carbonyl (C=O) groups excluding carboxylic acids is 2. The normalized spacial score (nSPS) is 23.4. The molecule has 1 rings (SSSR count). The number of aliphatic carboxylic acids is 1. The molecule has 114 valence electrons. The molecule has 1 aliphatic rings. The molecule has 0 saturated carbocycles. The summed E-state index contributed by atoms with van der Waals surface area (Å²) in [4.78, 5) is 34.3. The van der Waals surface area contributed by atoms with Gasteiger partial charge >= 0.3 is 12.1 Å². The topological polar surface area (TPSA) is 105 Å². The number of methoxy groups -OCH3 is 1. The summed E-state index contributed by atoms with van der Waals surface area (Å²) in [7, 11) is 1.24. The minimum absolute atomic E-state index is 0.0572. The Morgan fingerprint density at radius 3 is 2.45 bits per heavy atom. The van der Waals surface area contributed by atoms with Crippen molar-refractivity contribution >= 4 is 17.8 Å². The van der Waals surface area contributed by atoms with Crippen molar-refractivity contribution in [3.63, 3.8) is 0 Å². The molecule has 0 aromatic carbocycles. The van der Waals surface area contributed by atoms with Crippen LogP contribution in [0.4, 0.5) is 4.79 Å². The lowest BCUT2D eigenvalue weighted by molar-refractivity contribution is -0.139. The van der Waals surface area contributed by atoms with E-state index in [2.05, 4.69) is 15.4 Å². The van der Waals surface area contributed by atoms with Gasteiger partial charge in [0, 0.05) is 12.5 Å². The molecule has 7 heteroatoms. The monoisotopic (exact) mass is 286 g/mol. The van der Waals surface area contributed by atoms with E-state index in [-0.39, 0.29) is 24.2 Å². The second-order valence-electron chi connectivity index (χ2n) is 5.36. The van der Waals surface area contributed by atoms with E-state index in [9.17, 15) is 14.4 Å². The third-order valence-corrected chi connectivity index (χ3v) is 3.46. The third-order valence-electron chi connectivity index (χ3n) is 3.46. The lowest BCUT2D eigenvalue weighted by atomic mass is 9.95. The van der Waals surface area contributed by atoms with Crippen molar-refractivity contribution in [1.82, 2.24) is 10.6 Å². The second-order valence-corrected chi connectivity index (χ2v) is 5.36. The first-order chi connectivity index (χ1) is 9.35. The molecule has 7 nitrogen and oxygen atoms in total. The summed E-state index contributed by atoms with van der Waals surface area (Å²) in [5.74, 6) is -1.07. The first-order valence-corrected chi connectivity index (χ1v) is 6.71. The van der Waals surface area contributed by atoms with E-state index in [1.165, 1.54) is 7.11 Å².